The van der Waals surface area contributed by atoms with Gasteiger partial charge < -0.3 is 5.32 Å². The van der Waals surface area contributed by atoms with E-state index >= 15 is 0 Å². The second-order valence-corrected chi connectivity index (χ2v) is 5.16. The van der Waals surface area contributed by atoms with Crippen molar-refractivity contribution in [3.8, 4) is 0 Å². The molecule has 100 valence electrons. The molecule has 0 bridgehead atoms. The number of benzene rings is 1. The second-order valence-electron chi connectivity index (χ2n) is 5.16. The molecule has 1 aliphatic rings. The van der Waals surface area contributed by atoms with Crippen LogP contribution < -0.4 is 5.32 Å². The summed E-state index contributed by atoms with van der Waals surface area (Å²) in [5.41, 5.74) is 0.308. The summed E-state index contributed by atoms with van der Waals surface area (Å²) >= 11 is 0. The van der Waals surface area contributed by atoms with E-state index in [9.17, 15) is 13.2 Å². The summed E-state index contributed by atoms with van der Waals surface area (Å²) < 4.78 is 37.1. The van der Waals surface area contributed by atoms with Crippen molar-refractivity contribution in [2.75, 3.05) is 0 Å². The molecule has 1 N–H and O–H groups in total. The van der Waals surface area contributed by atoms with E-state index in [2.05, 4.69) is 12.2 Å². The molecule has 2 rings (SSSR count). The standard InChI is InChI=1S/C14H18F3N/c1-10(8-11-2-3-11)18-9-12-4-6-13(7-5-12)14(15,16)17/h4-7,10-11,18H,2-3,8-9H2,1H3. The van der Waals surface area contributed by atoms with Crippen LogP contribution in [0.25, 0.3) is 0 Å². The summed E-state index contributed by atoms with van der Waals surface area (Å²) in [5, 5.41) is 3.35. The van der Waals surface area contributed by atoms with Crippen LogP contribution in [0.4, 0.5) is 13.2 Å². The molecule has 1 nitrogen and oxygen atoms in total. The van der Waals surface area contributed by atoms with Crippen molar-refractivity contribution in [1.29, 1.82) is 0 Å². The predicted molar refractivity (Wildman–Crippen MR) is 65.1 cm³/mol. The first-order valence-electron chi connectivity index (χ1n) is 6.34. The molecule has 1 unspecified atom stereocenters. The van der Waals surface area contributed by atoms with Crippen molar-refractivity contribution in [1.82, 2.24) is 5.32 Å². The van der Waals surface area contributed by atoms with Crippen LogP contribution in [0, 0.1) is 5.92 Å². The largest absolute Gasteiger partial charge is 0.416 e. The van der Waals surface area contributed by atoms with Gasteiger partial charge in [0.1, 0.15) is 0 Å². The molecule has 4 heteroatoms. The third-order valence-electron chi connectivity index (χ3n) is 3.32. The fourth-order valence-electron chi connectivity index (χ4n) is 2.04. The molecule has 1 aromatic rings. The molecule has 0 aromatic heterocycles. The normalized spacial score (nSPS) is 17.8. The van der Waals surface area contributed by atoms with Gasteiger partial charge in [0.25, 0.3) is 0 Å². The second kappa shape index (κ2) is 5.31. The molecule has 18 heavy (non-hydrogen) atoms. The van der Waals surface area contributed by atoms with Gasteiger partial charge >= 0.3 is 6.18 Å². The summed E-state index contributed by atoms with van der Waals surface area (Å²) in [4.78, 5) is 0. The zero-order chi connectivity index (χ0) is 13.2. The fraction of sp³-hybridized carbons (Fsp3) is 0.571. The van der Waals surface area contributed by atoms with Gasteiger partial charge in [0.15, 0.2) is 0 Å². The zero-order valence-corrected chi connectivity index (χ0v) is 10.4. The summed E-state index contributed by atoms with van der Waals surface area (Å²) in [5.74, 6) is 0.861. The maximum Gasteiger partial charge on any atom is 0.416 e. The highest BCUT2D eigenvalue weighted by Crippen LogP contribution is 2.33. The Morgan fingerprint density at radius 3 is 2.33 bits per heavy atom. The van der Waals surface area contributed by atoms with Gasteiger partial charge in [-0.3, -0.25) is 0 Å². The Hall–Kier alpha value is -1.03. The minimum atomic E-state index is -4.24. The molecule has 1 aliphatic carbocycles. The van der Waals surface area contributed by atoms with Crippen LogP contribution in [0.2, 0.25) is 0 Å². The molecule has 1 saturated carbocycles. The third kappa shape index (κ3) is 4.02. The Bertz CT molecular complexity index is 379. The van der Waals surface area contributed by atoms with Gasteiger partial charge in [-0.1, -0.05) is 25.0 Å². The number of halogens is 3. The van der Waals surface area contributed by atoms with Crippen LogP contribution in [0.5, 0.6) is 0 Å². The van der Waals surface area contributed by atoms with E-state index in [0.717, 1.165) is 23.6 Å². The van der Waals surface area contributed by atoms with E-state index in [1.54, 1.807) is 12.1 Å². The lowest BCUT2D eigenvalue weighted by Gasteiger charge is -2.13. The molecule has 1 atom stereocenters. The molecule has 0 radical (unpaired) electrons. The molecule has 0 saturated heterocycles. The Labute approximate surface area is 105 Å². The van der Waals surface area contributed by atoms with Gasteiger partial charge in [-0.25, -0.2) is 0 Å². The summed E-state index contributed by atoms with van der Waals surface area (Å²) in [6.07, 6.45) is -0.426. The number of rotatable bonds is 5. The van der Waals surface area contributed by atoms with Gasteiger partial charge in [-0.15, -0.1) is 0 Å². The van der Waals surface area contributed by atoms with E-state index < -0.39 is 11.7 Å². The molecular weight excluding hydrogens is 239 g/mol. The third-order valence-corrected chi connectivity index (χ3v) is 3.32. The zero-order valence-electron chi connectivity index (χ0n) is 10.4. The minimum Gasteiger partial charge on any atom is -0.310 e. The van der Waals surface area contributed by atoms with Crippen LogP contribution in [-0.4, -0.2) is 6.04 Å². The quantitative estimate of drug-likeness (QED) is 0.841. The lowest BCUT2D eigenvalue weighted by Crippen LogP contribution is -2.25. The van der Waals surface area contributed by atoms with E-state index in [-0.39, 0.29) is 0 Å². The molecule has 1 fully saturated rings. The average Bonchev–Trinajstić information content (AvgIpc) is 3.10. The average molecular weight is 257 g/mol. The monoisotopic (exact) mass is 257 g/mol. The highest BCUT2D eigenvalue weighted by Gasteiger charge is 2.29. The predicted octanol–water partition coefficient (Wildman–Crippen LogP) is 3.98. The Balaban J connectivity index is 1.82. The van der Waals surface area contributed by atoms with Crippen LogP contribution in [0.3, 0.4) is 0 Å². The topological polar surface area (TPSA) is 12.0 Å². The van der Waals surface area contributed by atoms with Gasteiger partial charge in [0, 0.05) is 12.6 Å². The minimum absolute atomic E-state index is 0.430. The van der Waals surface area contributed by atoms with Crippen molar-refractivity contribution < 1.29 is 13.2 Å². The number of nitrogens with one attached hydrogen (secondary N) is 1. The highest BCUT2D eigenvalue weighted by atomic mass is 19.4. The lowest BCUT2D eigenvalue weighted by atomic mass is 10.1. The van der Waals surface area contributed by atoms with E-state index in [4.69, 9.17) is 0 Å². The number of hydrogen-bond donors (Lipinski definition) is 1. The van der Waals surface area contributed by atoms with E-state index in [1.807, 2.05) is 0 Å². The summed E-state index contributed by atoms with van der Waals surface area (Å²) in [6, 6.07) is 5.80. The fourth-order valence-corrected chi connectivity index (χ4v) is 2.04. The van der Waals surface area contributed by atoms with Crippen molar-refractivity contribution in [3.05, 3.63) is 35.4 Å². The summed E-state index contributed by atoms with van der Waals surface area (Å²) in [6.45, 7) is 2.76. The number of hydrogen-bond acceptors (Lipinski definition) is 1. The van der Waals surface area contributed by atoms with Gasteiger partial charge in [0.2, 0.25) is 0 Å². The van der Waals surface area contributed by atoms with Gasteiger partial charge in [-0.2, -0.15) is 13.2 Å². The molecule has 1 aromatic carbocycles. The number of alkyl halides is 3. The first kappa shape index (κ1) is 13.4. The SMILES string of the molecule is CC(CC1CC1)NCc1ccc(C(F)(F)F)cc1. The Kier molecular flexibility index (Phi) is 3.95. The van der Waals surface area contributed by atoms with E-state index in [1.165, 1.54) is 19.3 Å². The maximum absolute atomic E-state index is 12.4. The smallest absolute Gasteiger partial charge is 0.310 e. The van der Waals surface area contributed by atoms with Crippen molar-refractivity contribution >= 4 is 0 Å². The van der Waals surface area contributed by atoms with Crippen molar-refractivity contribution in [2.24, 2.45) is 5.92 Å². The van der Waals surface area contributed by atoms with Gasteiger partial charge in [-0.05, 0) is 37.0 Å². The van der Waals surface area contributed by atoms with Gasteiger partial charge in [0.05, 0.1) is 5.56 Å². The van der Waals surface area contributed by atoms with Crippen LogP contribution in [-0.2, 0) is 12.7 Å². The van der Waals surface area contributed by atoms with Crippen LogP contribution >= 0.6 is 0 Å². The van der Waals surface area contributed by atoms with Crippen LogP contribution in [0.1, 0.15) is 37.3 Å². The lowest BCUT2D eigenvalue weighted by molar-refractivity contribution is -0.137. The molecule has 0 heterocycles. The Morgan fingerprint density at radius 1 is 1.22 bits per heavy atom. The molecule has 0 aliphatic heterocycles. The maximum atomic E-state index is 12.4. The van der Waals surface area contributed by atoms with Crippen molar-refractivity contribution in [2.45, 2.75) is 44.9 Å². The molecule has 0 spiro atoms. The molecular formula is C14H18F3N. The Morgan fingerprint density at radius 2 is 1.83 bits per heavy atom. The van der Waals surface area contributed by atoms with E-state index in [0.29, 0.717) is 12.6 Å². The first-order valence-corrected chi connectivity index (χ1v) is 6.34. The van der Waals surface area contributed by atoms with Crippen LogP contribution in [0.15, 0.2) is 24.3 Å². The van der Waals surface area contributed by atoms with Crippen molar-refractivity contribution in [3.63, 3.8) is 0 Å². The molecule has 0 amide bonds. The first-order chi connectivity index (χ1) is 8.45. The highest BCUT2D eigenvalue weighted by molar-refractivity contribution is 5.24. The summed E-state index contributed by atoms with van der Waals surface area (Å²) in [7, 11) is 0.